The molecule has 5 nitrogen and oxygen atoms in total. The summed E-state index contributed by atoms with van der Waals surface area (Å²) in [7, 11) is -6.81. The van der Waals surface area contributed by atoms with Gasteiger partial charge in [0.2, 0.25) is 10.0 Å². The van der Waals surface area contributed by atoms with E-state index >= 15 is 0 Å². The highest BCUT2D eigenvalue weighted by Gasteiger charge is 2.34. The molecule has 0 N–H and O–H groups in total. The number of halogens is 1. The minimum atomic E-state index is -3.54. The molecular formula is C13H18FNO4S2. The molecule has 2 rings (SSSR count). The van der Waals surface area contributed by atoms with Gasteiger partial charge in [-0.25, -0.2) is 25.5 Å². The second kappa shape index (κ2) is 6.02. The summed E-state index contributed by atoms with van der Waals surface area (Å²) in [5.41, 5.74) is 0. The van der Waals surface area contributed by atoms with Crippen molar-refractivity contribution >= 4 is 19.9 Å². The van der Waals surface area contributed by atoms with Crippen molar-refractivity contribution in [1.82, 2.24) is 4.31 Å². The zero-order valence-electron chi connectivity index (χ0n) is 11.7. The molecule has 0 saturated carbocycles. The Morgan fingerprint density at radius 2 is 1.62 bits per heavy atom. The van der Waals surface area contributed by atoms with Gasteiger partial charge in [-0.05, 0) is 44.0 Å². The Morgan fingerprint density at radius 3 is 2.10 bits per heavy atom. The molecule has 1 aromatic rings. The van der Waals surface area contributed by atoms with Crippen LogP contribution in [0.1, 0.15) is 19.8 Å². The van der Waals surface area contributed by atoms with Gasteiger partial charge in [0.05, 0.1) is 15.9 Å². The molecule has 0 unspecified atom stereocenters. The number of sulfone groups is 1. The summed E-state index contributed by atoms with van der Waals surface area (Å²) in [5.74, 6) is -0.472. The Balaban J connectivity index is 2.13. The van der Waals surface area contributed by atoms with Crippen molar-refractivity contribution in [1.29, 1.82) is 0 Å². The van der Waals surface area contributed by atoms with Crippen molar-refractivity contribution in [2.24, 2.45) is 0 Å². The van der Waals surface area contributed by atoms with Gasteiger partial charge >= 0.3 is 0 Å². The van der Waals surface area contributed by atoms with Gasteiger partial charge in [0, 0.05) is 13.1 Å². The highest BCUT2D eigenvalue weighted by Crippen LogP contribution is 2.25. The minimum Gasteiger partial charge on any atom is -0.223 e. The molecule has 8 heteroatoms. The maximum absolute atomic E-state index is 12.9. The predicted molar refractivity (Wildman–Crippen MR) is 77.6 cm³/mol. The van der Waals surface area contributed by atoms with Crippen LogP contribution in [0.3, 0.4) is 0 Å². The average molecular weight is 335 g/mol. The van der Waals surface area contributed by atoms with Crippen molar-refractivity contribution in [3.63, 3.8) is 0 Å². The molecular weight excluding hydrogens is 317 g/mol. The van der Waals surface area contributed by atoms with Crippen LogP contribution in [0, 0.1) is 5.82 Å². The molecule has 0 radical (unpaired) electrons. The lowest BCUT2D eigenvalue weighted by atomic mass is 10.2. The van der Waals surface area contributed by atoms with Crippen LogP contribution in [-0.2, 0) is 19.9 Å². The molecule has 0 amide bonds. The Labute approximate surface area is 124 Å². The molecule has 1 aliphatic heterocycles. The van der Waals surface area contributed by atoms with E-state index in [0.717, 1.165) is 12.1 Å². The molecule has 1 saturated heterocycles. The summed E-state index contributed by atoms with van der Waals surface area (Å²) < 4.78 is 62.6. The van der Waals surface area contributed by atoms with Crippen molar-refractivity contribution in [2.45, 2.75) is 29.9 Å². The fourth-order valence-electron chi connectivity index (χ4n) is 2.42. The molecule has 1 fully saturated rings. The average Bonchev–Trinajstić information content (AvgIpc) is 2.48. The summed E-state index contributed by atoms with van der Waals surface area (Å²) in [6.45, 7) is 1.99. The molecule has 0 aromatic heterocycles. The number of nitrogens with zero attached hydrogens (tertiary/aromatic N) is 1. The lowest BCUT2D eigenvalue weighted by Gasteiger charge is -2.30. The van der Waals surface area contributed by atoms with E-state index in [1.54, 1.807) is 6.92 Å². The SMILES string of the molecule is CCS(=O)(=O)N1CCC(S(=O)(=O)c2ccc(F)cc2)CC1. The summed E-state index contributed by atoms with van der Waals surface area (Å²) >= 11 is 0. The Hall–Kier alpha value is -0.990. The van der Waals surface area contributed by atoms with Crippen molar-refractivity contribution in [3.8, 4) is 0 Å². The van der Waals surface area contributed by atoms with Crippen LogP contribution in [0.15, 0.2) is 29.2 Å². The third-order valence-electron chi connectivity index (χ3n) is 3.74. The monoisotopic (exact) mass is 335 g/mol. The van der Waals surface area contributed by atoms with E-state index in [1.807, 2.05) is 0 Å². The van der Waals surface area contributed by atoms with E-state index in [9.17, 15) is 21.2 Å². The van der Waals surface area contributed by atoms with Gasteiger partial charge in [0.15, 0.2) is 9.84 Å². The first-order valence-electron chi connectivity index (χ1n) is 6.74. The van der Waals surface area contributed by atoms with Crippen LogP contribution in [0.4, 0.5) is 4.39 Å². The number of benzene rings is 1. The van der Waals surface area contributed by atoms with Gasteiger partial charge in [-0.2, -0.15) is 0 Å². The van der Waals surface area contributed by atoms with Crippen LogP contribution in [0.25, 0.3) is 0 Å². The smallest absolute Gasteiger partial charge is 0.213 e. The Kier molecular flexibility index (Phi) is 4.69. The largest absolute Gasteiger partial charge is 0.223 e. The minimum absolute atomic E-state index is 0.0162. The number of rotatable bonds is 4. The Morgan fingerprint density at radius 1 is 1.10 bits per heavy atom. The summed E-state index contributed by atoms with van der Waals surface area (Å²) in [6, 6.07) is 4.73. The number of sulfonamides is 1. The third-order valence-corrected chi connectivity index (χ3v) is 7.90. The highest BCUT2D eigenvalue weighted by atomic mass is 32.2. The van der Waals surface area contributed by atoms with Gasteiger partial charge in [0.1, 0.15) is 5.82 Å². The number of hydrogen-bond donors (Lipinski definition) is 0. The number of hydrogen-bond acceptors (Lipinski definition) is 4. The van der Waals surface area contributed by atoms with Gasteiger partial charge in [-0.3, -0.25) is 0 Å². The van der Waals surface area contributed by atoms with Crippen LogP contribution in [-0.4, -0.2) is 45.2 Å². The second-order valence-electron chi connectivity index (χ2n) is 5.00. The van der Waals surface area contributed by atoms with Gasteiger partial charge in [0.25, 0.3) is 0 Å². The van der Waals surface area contributed by atoms with Crippen LogP contribution in [0.5, 0.6) is 0 Å². The summed E-state index contributed by atoms with van der Waals surface area (Å²) in [4.78, 5) is 0.0840. The highest BCUT2D eigenvalue weighted by molar-refractivity contribution is 7.92. The van der Waals surface area contributed by atoms with E-state index in [4.69, 9.17) is 0 Å². The molecule has 1 aliphatic rings. The van der Waals surface area contributed by atoms with Crippen molar-refractivity contribution in [2.75, 3.05) is 18.8 Å². The quantitative estimate of drug-likeness (QED) is 0.780. The first-order valence-corrected chi connectivity index (χ1v) is 9.90. The van der Waals surface area contributed by atoms with Crippen LogP contribution in [0.2, 0.25) is 0 Å². The van der Waals surface area contributed by atoms with Crippen LogP contribution < -0.4 is 0 Å². The zero-order chi connectivity index (χ0) is 15.7. The van der Waals surface area contributed by atoms with E-state index in [1.165, 1.54) is 16.4 Å². The third kappa shape index (κ3) is 3.44. The lowest BCUT2D eigenvalue weighted by Crippen LogP contribution is -2.43. The number of piperidine rings is 1. The molecule has 1 aromatic carbocycles. The van der Waals surface area contributed by atoms with Crippen molar-refractivity contribution < 1.29 is 21.2 Å². The topological polar surface area (TPSA) is 71.5 Å². The second-order valence-corrected chi connectivity index (χ2v) is 9.48. The maximum atomic E-state index is 12.9. The molecule has 0 atom stereocenters. The van der Waals surface area contributed by atoms with Gasteiger partial charge in [-0.15, -0.1) is 0 Å². The Bertz CT molecular complexity index is 690. The lowest BCUT2D eigenvalue weighted by molar-refractivity contribution is 0.346. The van der Waals surface area contributed by atoms with E-state index < -0.39 is 30.9 Å². The normalized spacial score (nSPS) is 18.8. The molecule has 118 valence electrons. The van der Waals surface area contributed by atoms with E-state index in [-0.39, 0.29) is 36.6 Å². The molecule has 0 spiro atoms. The van der Waals surface area contributed by atoms with E-state index in [0.29, 0.717) is 0 Å². The molecule has 21 heavy (non-hydrogen) atoms. The van der Waals surface area contributed by atoms with Gasteiger partial charge < -0.3 is 0 Å². The van der Waals surface area contributed by atoms with Gasteiger partial charge in [-0.1, -0.05) is 0 Å². The van der Waals surface area contributed by atoms with E-state index in [2.05, 4.69) is 0 Å². The van der Waals surface area contributed by atoms with Crippen LogP contribution >= 0.6 is 0 Å². The standard InChI is InChI=1S/C13H18FNO4S2/c1-2-20(16,17)15-9-7-13(8-10-15)21(18,19)12-5-3-11(14)4-6-12/h3-6,13H,2,7-10H2,1H3. The van der Waals surface area contributed by atoms with Crippen molar-refractivity contribution in [3.05, 3.63) is 30.1 Å². The maximum Gasteiger partial charge on any atom is 0.213 e. The summed E-state index contributed by atoms with van der Waals surface area (Å²) in [6.07, 6.45) is 0.526. The predicted octanol–water partition coefficient (Wildman–Crippen LogP) is 1.41. The summed E-state index contributed by atoms with van der Waals surface area (Å²) in [5, 5.41) is -0.619. The fourth-order valence-corrected chi connectivity index (χ4v) is 5.28. The fraction of sp³-hybridized carbons (Fsp3) is 0.538. The zero-order valence-corrected chi connectivity index (χ0v) is 13.3. The molecule has 0 bridgehead atoms. The first kappa shape index (κ1) is 16.4. The first-order chi connectivity index (χ1) is 9.77. The molecule has 1 heterocycles. The molecule has 0 aliphatic carbocycles.